The first-order chi connectivity index (χ1) is 13.7. The number of benzene rings is 2. The molecule has 3 rings (SSSR count). The second-order valence-corrected chi connectivity index (χ2v) is 9.11. The molecule has 0 radical (unpaired) electrons. The van der Waals surface area contributed by atoms with Crippen LogP contribution in [0.15, 0.2) is 59.1 Å². The number of piperazine rings is 1. The van der Waals surface area contributed by atoms with Gasteiger partial charge in [0.25, 0.3) is 5.91 Å². The second-order valence-electron chi connectivity index (χ2n) is 6.59. The van der Waals surface area contributed by atoms with Crippen molar-refractivity contribution in [1.29, 1.82) is 0 Å². The lowest BCUT2D eigenvalue weighted by Gasteiger charge is -2.34. The highest BCUT2D eigenvalue weighted by atomic mass is 79.9. The zero-order valence-corrected chi connectivity index (χ0v) is 17.9. The molecule has 2 amide bonds. The van der Waals surface area contributed by atoms with Crippen LogP contribution in [0.2, 0.25) is 0 Å². The molecule has 1 saturated heterocycles. The van der Waals surface area contributed by atoms with Crippen LogP contribution in [0.25, 0.3) is 6.08 Å². The van der Waals surface area contributed by atoms with E-state index < -0.39 is 7.60 Å². The molecule has 0 unspecified atom stereocenters. The van der Waals surface area contributed by atoms with E-state index in [-0.39, 0.29) is 17.1 Å². The van der Waals surface area contributed by atoms with Gasteiger partial charge in [-0.1, -0.05) is 28.1 Å². The molecule has 0 aliphatic carbocycles. The number of nitrogens with zero attached hydrogens (tertiary/aromatic N) is 2. The Balaban J connectivity index is 1.55. The number of hydrogen-bond donors (Lipinski definition) is 2. The van der Waals surface area contributed by atoms with Crippen molar-refractivity contribution in [3.63, 3.8) is 0 Å². The van der Waals surface area contributed by atoms with Gasteiger partial charge in [-0.25, -0.2) is 0 Å². The number of hydrogen-bond acceptors (Lipinski definition) is 3. The molecule has 0 bridgehead atoms. The minimum atomic E-state index is -4.33. The van der Waals surface area contributed by atoms with Crippen molar-refractivity contribution in [1.82, 2.24) is 9.80 Å². The third-order valence-corrected chi connectivity index (χ3v) is 6.12. The number of halogens is 1. The topological polar surface area (TPSA) is 98.2 Å². The molecule has 1 fully saturated rings. The Kier molecular flexibility index (Phi) is 6.70. The second kappa shape index (κ2) is 9.05. The summed E-state index contributed by atoms with van der Waals surface area (Å²) in [5, 5.41) is -0.123. The molecule has 2 aromatic carbocycles. The van der Waals surface area contributed by atoms with Crippen molar-refractivity contribution >= 4 is 46.7 Å². The van der Waals surface area contributed by atoms with E-state index in [1.165, 1.54) is 30.3 Å². The predicted molar refractivity (Wildman–Crippen MR) is 114 cm³/mol. The normalized spacial score (nSPS) is 15.0. The molecule has 152 valence electrons. The van der Waals surface area contributed by atoms with Gasteiger partial charge in [0.15, 0.2) is 0 Å². The third-order valence-electron chi connectivity index (χ3n) is 4.62. The van der Waals surface area contributed by atoms with Crippen molar-refractivity contribution in [2.45, 2.75) is 0 Å². The van der Waals surface area contributed by atoms with Gasteiger partial charge in [-0.3, -0.25) is 14.2 Å². The standard InChI is InChI=1S/C20H20BrN2O5P/c21-17-6-1-15(2-7-17)3-10-19(24)22-11-13-23(14-12-22)20(25)16-4-8-18(9-5-16)29(26,27)28/h1-10H,11-14H2,(H2,26,27,28). The third kappa shape index (κ3) is 5.64. The number of carbonyl (C=O) groups excluding carboxylic acids is 2. The first kappa shape index (κ1) is 21.5. The lowest BCUT2D eigenvalue weighted by molar-refractivity contribution is -0.127. The van der Waals surface area contributed by atoms with E-state index >= 15 is 0 Å². The highest BCUT2D eigenvalue weighted by Crippen LogP contribution is 2.32. The summed E-state index contributed by atoms with van der Waals surface area (Å²) in [6, 6.07) is 13.0. The fraction of sp³-hybridized carbons (Fsp3) is 0.200. The maximum absolute atomic E-state index is 12.6. The summed E-state index contributed by atoms with van der Waals surface area (Å²) in [6.45, 7) is 1.65. The average Bonchev–Trinajstić information content (AvgIpc) is 2.72. The van der Waals surface area contributed by atoms with Gasteiger partial charge in [0, 0.05) is 42.3 Å². The van der Waals surface area contributed by atoms with Gasteiger partial charge in [0.05, 0.1) is 5.30 Å². The van der Waals surface area contributed by atoms with E-state index in [1.54, 1.807) is 15.9 Å². The van der Waals surface area contributed by atoms with Crippen LogP contribution in [0.4, 0.5) is 0 Å². The van der Waals surface area contributed by atoms with E-state index in [2.05, 4.69) is 15.9 Å². The van der Waals surface area contributed by atoms with Crippen molar-refractivity contribution in [2.24, 2.45) is 0 Å². The van der Waals surface area contributed by atoms with Gasteiger partial charge in [0.1, 0.15) is 0 Å². The molecular weight excluding hydrogens is 459 g/mol. The summed E-state index contributed by atoms with van der Waals surface area (Å²) in [5.74, 6) is -0.328. The summed E-state index contributed by atoms with van der Waals surface area (Å²) in [6.07, 6.45) is 3.29. The maximum atomic E-state index is 12.6. The summed E-state index contributed by atoms with van der Waals surface area (Å²) in [5.41, 5.74) is 1.28. The molecule has 1 aliphatic rings. The van der Waals surface area contributed by atoms with Gasteiger partial charge >= 0.3 is 7.60 Å². The van der Waals surface area contributed by atoms with E-state index in [1.807, 2.05) is 24.3 Å². The van der Waals surface area contributed by atoms with Crippen LogP contribution in [0.5, 0.6) is 0 Å². The molecule has 1 heterocycles. The molecular formula is C20H20BrN2O5P. The number of amides is 2. The van der Waals surface area contributed by atoms with Gasteiger partial charge in [-0.15, -0.1) is 0 Å². The Morgan fingerprint density at radius 3 is 2.00 bits per heavy atom. The molecule has 29 heavy (non-hydrogen) atoms. The summed E-state index contributed by atoms with van der Waals surface area (Å²) in [7, 11) is -4.33. The smallest absolute Gasteiger partial charge is 0.336 e. The number of rotatable bonds is 4. The van der Waals surface area contributed by atoms with Crippen molar-refractivity contribution in [3.05, 3.63) is 70.2 Å². The fourth-order valence-electron chi connectivity index (χ4n) is 2.96. The minimum absolute atomic E-state index is 0.106. The Hall–Kier alpha value is -2.25. The molecule has 7 nitrogen and oxygen atoms in total. The first-order valence-corrected chi connectivity index (χ1v) is 11.3. The Labute approximate surface area is 176 Å². The predicted octanol–water partition coefficient (Wildman–Crippen LogP) is 2.25. The summed E-state index contributed by atoms with van der Waals surface area (Å²) in [4.78, 5) is 46.6. The van der Waals surface area contributed by atoms with Crippen LogP contribution in [0, 0.1) is 0 Å². The van der Waals surface area contributed by atoms with E-state index in [9.17, 15) is 14.2 Å². The van der Waals surface area contributed by atoms with Crippen LogP contribution >= 0.6 is 23.5 Å². The monoisotopic (exact) mass is 478 g/mol. The molecule has 9 heteroatoms. The van der Waals surface area contributed by atoms with Gasteiger partial charge in [-0.05, 0) is 48.0 Å². The van der Waals surface area contributed by atoms with Crippen molar-refractivity contribution in [3.8, 4) is 0 Å². The first-order valence-electron chi connectivity index (χ1n) is 8.92. The summed E-state index contributed by atoms with van der Waals surface area (Å²) < 4.78 is 12.2. The number of carbonyl (C=O) groups is 2. The minimum Gasteiger partial charge on any atom is -0.336 e. The Morgan fingerprint density at radius 2 is 1.45 bits per heavy atom. The highest BCUT2D eigenvalue weighted by molar-refractivity contribution is 9.10. The van der Waals surface area contributed by atoms with Gasteiger partial charge in [0.2, 0.25) is 5.91 Å². The zero-order chi connectivity index (χ0) is 21.0. The van der Waals surface area contributed by atoms with Gasteiger partial charge < -0.3 is 19.6 Å². The van der Waals surface area contributed by atoms with Crippen LogP contribution < -0.4 is 5.30 Å². The summed E-state index contributed by atoms with van der Waals surface area (Å²) >= 11 is 3.37. The molecule has 0 aromatic heterocycles. The molecule has 0 saturated carbocycles. The van der Waals surface area contributed by atoms with Crippen LogP contribution in [0.1, 0.15) is 15.9 Å². The van der Waals surface area contributed by atoms with E-state index in [4.69, 9.17) is 9.79 Å². The molecule has 0 atom stereocenters. The molecule has 2 N–H and O–H groups in total. The molecule has 0 spiro atoms. The largest absolute Gasteiger partial charge is 0.356 e. The maximum Gasteiger partial charge on any atom is 0.356 e. The van der Waals surface area contributed by atoms with Crippen LogP contribution in [0.3, 0.4) is 0 Å². The van der Waals surface area contributed by atoms with Gasteiger partial charge in [-0.2, -0.15) is 0 Å². The quantitative estimate of drug-likeness (QED) is 0.518. The van der Waals surface area contributed by atoms with E-state index in [0.717, 1.165) is 10.0 Å². The molecule has 1 aliphatic heterocycles. The lowest BCUT2D eigenvalue weighted by atomic mass is 10.1. The van der Waals surface area contributed by atoms with Crippen LogP contribution in [-0.2, 0) is 9.36 Å². The average molecular weight is 479 g/mol. The zero-order valence-electron chi connectivity index (χ0n) is 15.4. The highest BCUT2D eigenvalue weighted by Gasteiger charge is 2.24. The van der Waals surface area contributed by atoms with Crippen LogP contribution in [-0.4, -0.2) is 57.6 Å². The Morgan fingerprint density at radius 1 is 0.897 bits per heavy atom. The molecule has 2 aromatic rings. The fourth-order valence-corrected chi connectivity index (χ4v) is 3.76. The van der Waals surface area contributed by atoms with Crippen molar-refractivity contribution in [2.75, 3.05) is 26.2 Å². The SMILES string of the molecule is O=C(C=Cc1ccc(Br)cc1)N1CCN(C(=O)c2ccc(P(=O)(O)O)cc2)CC1. The van der Waals surface area contributed by atoms with E-state index in [0.29, 0.717) is 31.7 Å². The van der Waals surface area contributed by atoms with Crippen molar-refractivity contribution < 1.29 is 23.9 Å². The lowest BCUT2D eigenvalue weighted by Crippen LogP contribution is -2.50. The Bertz CT molecular complexity index is 961.